The zero-order chi connectivity index (χ0) is 16.6. The lowest BCUT2D eigenvalue weighted by molar-refractivity contribution is -0.126. The SMILES string of the molecule is COc1nc(Nc2cn(C3(C)CCNC3=O)nc2C)ncc1Br. The monoisotopic (exact) mass is 380 g/mol. The van der Waals surface area contributed by atoms with Crippen LogP contribution in [0.15, 0.2) is 16.9 Å². The number of ether oxygens (including phenoxy) is 1. The lowest BCUT2D eigenvalue weighted by atomic mass is 10.0. The highest BCUT2D eigenvalue weighted by Gasteiger charge is 2.40. The van der Waals surface area contributed by atoms with E-state index in [0.717, 1.165) is 11.4 Å². The Hall–Kier alpha value is -2.16. The summed E-state index contributed by atoms with van der Waals surface area (Å²) in [6, 6.07) is 0. The molecule has 0 saturated carbocycles. The fraction of sp³-hybridized carbons (Fsp3) is 0.429. The summed E-state index contributed by atoms with van der Waals surface area (Å²) in [5.74, 6) is 0.816. The van der Waals surface area contributed by atoms with E-state index in [1.807, 2.05) is 13.8 Å². The number of halogens is 1. The van der Waals surface area contributed by atoms with Crippen LogP contribution in [0.4, 0.5) is 11.6 Å². The molecule has 1 aliphatic rings. The predicted molar refractivity (Wildman–Crippen MR) is 87.8 cm³/mol. The fourth-order valence-electron chi connectivity index (χ4n) is 2.45. The van der Waals surface area contributed by atoms with Gasteiger partial charge in [-0.25, -0.2) is 4.98 Å². The lowest BCUT2D eigenvalue weighted by Gasteiger charge is -2.20. The molecule has 2 aromatic rings. The summed E-state index contributed by atoms with van der Waals surface area (Å²) in [6.07, 6.45) is 4.12. The van der Waals surface area contributed by atoms with Crippen LogP contribution < -0.4 is 15.4 Å². The van der Waals surface area contributed by atoms with Crippen LogP contribution in [0.1, 0.15) is 19.0 Å². The Kier molecular flexibility index (Phi) is 3.97. The first-order valence-corrected chi connectivity index (χ1v) is 7.92. The maximum Gasteiger partial charge on any atom is 0.247 e. The molecule has 8 nitrogen and oxygen atoms in total. The van der Waals surface area contributed by atoms with E-state index in [-0.39, 0.29) is 5.91 Å². The van der Waals surface area contributed by atoms with E-state index in [1.54, 1.807) is 24.2 Å². The number of aryl methyl sites for hydroxylation is 1. The van der Waals surface area contributed by atoms with Crippen molar-refractivity contribution < 1.29 is 9.53 Å². The van der Waals surface area contributed by atoms with Gasteiger partial charge >= 0.3 is 0 Å². The first-order chi connectivity index (χ1) is 10.9. The standard InChI is InChI=1S/C14H17BrN6O2/c1-8-10(18-13-17-6-9(15)11(19-13)23-3)7-21(20-8)14(2)4-5-16-12(14)22/h6-7H,4-5H2,1-3H3,(H,16,22)(H,17,18,19). The highest BCUT2D eigenvalue weighted by molar-refractivity contribution is 9.10. The second kappa shape index (κ2) is 5.80. The van der Waals surface area contributed by atoms with Gasteiger partial charge in [-0.15, -0.1) is 0 Å². The molecule has 2 aromatic heterocycles. The van der Waals surface area contributed by atoms with Crippen molar-refractivity contribution in [3.05, 3.63) is 22.6 Å². The Balaban J connectivity index is 1.89. The van der Waals surface area contributed by atoms with Crippen LogP contribution in [-0.2, 0) is 10.3 Å². The van der Waals surface area contributed by atoms with Gasteiger partial charge in [0, 0.05) is 6.54 Å². The van der Waals surface area contributed by atoms with Gasteiger partial charge in [-0.2, -0.15) is 10.1 Å². The van der Waals surface area contributed by atoms with Crippen molar-refractivity contribution >= 4 is 33.5 Å². The summed E-state index contributed by atoms with van der Waals surface area (Å²) < 4.78 is 7.53. The smallest absolute Gasteiger partial charge is 0.247 e. The number of rotatable bonds is 4. The first kappa shape index (κ1) is 15.7. The molecule has 1 saturated heterocycles. The molecular formula is C14H17BrN6O2. The molecule has 3 rings (SSSR count). The average Bonchev–Trinajstić information content (AvgIpc) is 3.06. The van der Waals surface area contributed by atoms with Crippen LogP contribution in [0.5, 0.6) is 5.88 Å². The van der Waals surface area contributed by atoms with Crippen LogP contribution in [0.3, 0.4) is 0 Å². The molecule has 3 heterocycles. The molecule has 23 heavy (non-hydrogen) atoms. The van der Waals surface area contributed by atoms with Crippen molar-refractivity contribution in [1.29, 1.82) is 0 Å². The molecular weight excluding hydrogens is 364 g/mol. The van der Waals surface area contributed by atoms with E-state index < -0.39 is 5.54 Å². The van der Waals surface area contributed by atoms with Crippen LogP contribution in [0, 0.1) is 6.92 Å². The molecule has 1 atom stereocenters. The summed E-state index contributed by atoms with van der Waals surface area (Å²) in [6.45, 7) is 4.40. The number of carbonyl (C=O) groups excluding carboxylic acids is 1. The molecule has 0 aromatic carbocycles. The summed E-state index contributed by atoms with van der Waals surface area (Å²) in [5.41, 5.74) is 0.842. The third-order valence-corrected chi connectivity index (χ3v) is 4.49. The Morgan fingerprint density at radius 1 is 1.52 bits per heavy atom. The van der Waals surface area contributed by atoms with E-state index in [0.29, 0.717) is 29.3 Å². The van der Waals surface area contributed by atoms with Crippen LogP contribution >= 0.6 is 15.9 Å². The zero-order valence-electron chi connectivity index (χ0n) is 13.1. The Morgan fingerprint density at radius 2 is 2.30 bits per heavy atom. The number of anilines is 2. The van der Waals surface area contributed by atoms with E-state index in [9.17, 15) is 4.79 Å². The lowest BCUT2D eigenvalue weighted by Crippen LogP contribution is -2.38. The molecule has 1 amide bonds. The van der Waals surface area contributed by atoms with Gasteiger partial charge < -0.3 is 15.4 Å². The molecule has 0 radical (unpaired) electrons. The number of nitrogens with zero attached hydrogens (tertiary/aromatic N) is 4. The quantitative estimate of drug-likeness (QED) is 0.838. The minimum Gasteiger partial charge on any atom is -0.480 e. The van der Waals surface area contributed by atoms with Crippen molar-refractivity contribution in [3.63, 3.8) is 0 Å². The average molecular weight is 381 g/mol. The van der Waals surface area contributed by atoms with E-state index in [2.05, 4.69) is 41.6 Å². The molecule has 1 fully saturated rings. The topological polar surface area (TPSA) is 94.0 Å². The number of nitrogens with one attached hydrogen (secondary N) is 2. The van der Waals surface area contributed by atoms with Crippen molar-refractivity contribution in [3.8, 4) is 5.88 Å². The predicted octanol–water partition coefficient (Wildman–Crippen LogP) is 1.73. The van der Waals surface area contributed by atoms with Crippen LogP contribution in [-0.4, -0.2) is 39.3 Å². The van der Waals surface area contributed by atoms with Gasteiger partial charge in [0.25, 0.3) is 0 Å². The second-order valence-electron chi connectivity index (χ2n) is 5.53. The summed E-state index contributed by atoms with van der Waals surface area (Å²) >= 11 is 3.31. The maximum atomic E-state index is 12.1. The van der Waals surface area contributed by atoms with Crippen LogP contribution in [0.2, 0.25) is 0 Å². The van der Waals surface area contributed by atoms with Crippen molar-refractivity contribution in [2.75, 3.05) is 19.0 Å². The van der Waals surface area contributed by atoms with Crippen LogP contribution in [0.25, 0.3) is 0 Å². The number of aromatic nitrogens is 4. The minimum atomic E-state index is -0.664. The molecule has 1 aliphatic heterocycles. The van der Waals surface area contributed by atoms with Crippen molar-refractivity contribution in [2.24, 2.45) is 0 Å². The van der Waals surface area contributed by atoms with Gasteiger partial charge in [0.05, 0.1) is 35.4 Å². The van der Waals surface area contributed by atoms with Gasteiger partial charge in [-0.1, -0.05) is 0 Å². The van der Waals surface area contributed by atoms with E-state index in [1.165, 1.54) is 0 Å². The van der Waals surface area contributed by atoms with Gasteiger partial charge in [0.15, 0.2) is 0 Å². The Morgan fingerprint density at radius 3 is 2.96 bits per heavy atom. The highest BCUT2D eigenvalue weighted by atomic mass is 79.9. The Labute approximate surface area is 141 Å². The maximum absolute atomic E-state index is 12.1. The van der Waals surface area contributed by atoms with Gasteiger partial charge in [0.2, 0.25) is 17.7 Å². The largest absolute Gasteiger partial charge is 0.480 e. The van der Waals surface area contributed by atoms with E-state index in [4.69, 9.17) is 4.74 Å². The van der Waals surface area contributed by atoms with Crippen molar-refractivity contribution in [2.45, 2.75) is 25.8 Å². The highest BCUT2D eigenvalue weighted by Crippen LogP contribution is 2.29. The van der Waals surface area contributed by atoms with Crippen molar-refractivity contribution in [1.82, 2.24) is 25.1 Å². The number of amides is 1. The summed E-state index contributed by atoms with van der Waals surface area (Å²) in [7, 11) is 1.54. The molecule has 0 spiro atoms. The number of methoxy groups -OCH3 is 1. The Bertz CT molecular complexity index is 762. The van der Waals surface area contributed by atoms with Gasteiger partial charge in [-0.05, 0) is 36.2 Å². The third kappa shape index (κ3) is 2.76. The molecule has 122 valence electrons. The van der Waals surface area contributed by atoms with Gasteiger partial charge in [0.1, 0.15) is 5.54 Å². The summed E-state index contributed by atoms with van der Waals surface area (Å²) in [5, 5.41) is 10.4. The zero-order valence-corrected chi connectivity index (χ0v) is 14.6. The molecule has 1 unspecified atom stereocenters. The van der Waals surface area contributed by atoms with Gasteiger partial charge in [-0.3, -0.25) is 9.48 Å². The molecule has 9 heteroatoms. The normalized spacial score (nSPS) is 20.4. The minimum absolute atomic E-state index is 0.0203. The number of hydrogen-bond acceptors (Lipinski definition) is 6. The number of hydrogen-bond donors (Lipinski definition) is 2. The molecule has 0 bridgehead atoms. The fourth-order valence-corrected chi connectivity index (χ4v) is 2.81. The first-order valence-electron chi connectivity index (χ1n) is 7.12. The summed E-state index contributed by atoms with van der Waals surface area (Å²) in [4.78, 5) is 20.5. The molecule has 0 aliphatic carbocycles. The van der Waals surface area contributed by atoms with E-state index >= 15 is 0 Å². The second-order valence-corrected chi connectivity index (χ2v) is 6.38. The number of carbonyl (C=O) groups is 1. The third-order valence-electron chi connectivity index (χ3n) is 3.94. The molecule has 2 N–H and O–H groups in total.